The molecule has 0 unspecified atom stereocenters. The van der Waals surface area contributed by atoms with E-state index < -0.39 is 11.7 Å². The minimum atomic E-state index is -4.46. The number of fused-ring (bicyclic) bond motifs is 1. The van der Waals surface area contributed by atoms with Crippen LogP contribution >= 0.6 is 0 Å². The first kappa shape index (κ1) is 22.2. The molecule has 2 aliphatic heterocycles. The van der Waals surface area contributed by atoms with E-state index in [1.807, 2.05) is 12.1 Å². The van der Waals surface area contributed by atoms with Crippen molar-refractivity contribution in [3.63, 3.8) is 0 Å². The molecule has 2 saturated heterocycles. The van der Waals surface area contributed by atoms with Crippen molar-refractivity contribution in [1.29, 1.82) is 0 Å². The van der Waals surface area contributed by atoms with E-state index in [1.165, 1.54) is 0 Å². The fourth-order valence-corrected chi connectivity index (χ4v) is 4.86. The van der Waals surface area contributed by atoms with Crippen LogP contribution in [0.15, 0.2) is 30.6 Å². The lowest BCUT2D eigenvalue weighted by atomic mass is 9.83. The maximum atomic E-state index is 13.5. The number of alkyl halides is 3. The molecule has 0 aliphatic carbocycles. The number of morpholine rings is 1. The number of pyridine rings is 1. The number of nitrogens with one attached hydrogen (secondary N) is 2. The van der Waals surface area contributed by atoms with E-state index in [2.05, 4.69) is 15.3 Å². The van der Waals surface area contributed by atoms with Gasteiger partial charge in [-0.1, -0.05) is 0 Å². The van der Waals surface area contributed by atoms with Crippen molar-refractivity contribution in [2.45, 2.75) is 31.0 Å². The van der Waals surface area contributed by atoms with Gasteiger partial charge in [0, 0.05) is 48.7 Å². The van der Waals surface area contributed by atoms with Gasteiger partial charge in [-0.25, -0.2) is 4.98 Å². The molecule has 0 spiro atoms. The number of halogens is 3. The third-order valence-electron chi connectivity index (χ3n) is 6.49. The largest absolute Gasteiger partial charge is 0.496 e. The lowest BCUT2D eigenvalue weighted by Crippen LogP contribution is -2.35. The predicted molar refractivity (Wildman–Crippen MR) is 117 cm³/mol. The molecule has 0 amide bonds. The molecule has 3 aromatic rings. The second kappa shape index (κ2) is 8.96. The van der Waals surface area contributed by atoms with Gasteiger partial charge >= 0.3 is 6.18 Å². The highest BCUT2D eigenvalue weighted by atomic mass is 19.4. The molecule has 0 radical (unpaired) electrons. The van der Waals surface area contributed by atoms with Crippen LogP contribution in [0.1, 0.15) is 41.5 Å². The minimum absolute atomic E-state index is 0.0277. The minimum Gasteiger partial charge on any atom is -0.496 e. The van der Waals surface area contributed by atoms with E-state index in [1.54, 1.807) is 19.4 Å². The molecule has 5 rings (SSSR count). The molecular weight excluding hydrogens is 435 g/mol. The van der Waals surface area contributed by atoms with E-state index in [0.29, 0.717) is 32.0 Å². The summed E-state index contributed by atoms with van der Waals surface area (Å²) >= 11 is 0. The standard InChI is InChI=1S/C24H26F3N3O3/c1-31-21-10-15(16-9-17-19(24(25,26)27)12-30-23(17)29-11-16)8-18(20-13-33-7-4-28-20)22(21)14-2-5-32-6-3-14/h8-12,14,20,28H,2-7,13H2,1H3,(H,29,30)/t20-/m0/s1. The van der Waals surface area contributed by atoms with E-state index >= 15 is 0 Å². The molecule has 0 saturated carbocycles. The monoisotopic (exact) mass is 461 g/mol. The maximum absolute atomic E-state index is 13.5. The molecule has 6 nitrogen and oxygen atoms in total. The third-order valence-corrected chi connectivity index (χ3v) is 6.49. The number of hydrogen-bond donors (Lipinski definition) is 2. The van der Waals surface area contributed by atoms with Crippen LogP contribution in [0.4, 0.5) is 13.2 Å². The van der Waals surface area contributed by atoms with Gasteiger partial charge < -0.3 is 24.5 Å². The van der Waals surface area contributed by atoms with Gasteiger partial charge in [0.1, 0.15) is 11.4 Å². The summed E-state index contributed by atoms with van der Waals surface area (Å²) in [6, 6.07) is 5.46. The summed E-state index contributed by atoms with van der Waals surface area (Å²) in [6.07, 6.45) is -0.122. The fourth-order valence-electron chi connectivity index (χ4n) is 4.86. The second-order valence-electron chi connectivity index (χ2n) is 8.47. The van der Waals surface area contributed by atoms with Crippen LogP contribution in [0.3, 0.4) is 0 Å². The maximum Gasteiger partial charge on any atom is 0.418 e. The summed E-state index contributed by atoms with van der Waals surface area (Å²) in [5.74, 6) is 1.01. The van der Waals surface area contributed by atoms with Gasteiger partial charge in [0.05, 0.1) is 31.9 Å². The second-order valence-corrected chi connectivity index (χ2v) is 8.47. The Bertz CT molecular complexity index is 1130. The van der Waals surface area contributed by atoms with Crippen molar-refractivity contribution < 1.29 is 27.4 Å². The first-order valence-corrected chi connectivity index (χ1v) is 11.1. The van der Waals surface area contributed by atoms with Gasteiger partial charge in [-0.05, 0) is 48.1 Å². The molecule has 176 valence electrons. The normalized spacial score (nSPS) is 20.3. The average molecular weight is 461 g/mol. The first-order chi connectivity index (χ1) is 16.0. The van der Waals surface area contributed by atoms with E-state index in [0.717, 1.165) is 48.0 Å². The van der Waals surface area contributed by atoms with Crippen LogP contribution in [0.2, 0.25) is 0 Å². The van der Waals surface area contributed by atoms with Crippen molar-refractivity contribution in [3.05, 3.63) is 47.3 Å². The Morgan fingerprint density at radius 1 is 1.06 bits per heavy atom. The summed E-state index contributed by atoms with van der Waals surface area (Å²) in [5, 5.41) is 3.57. The van der Waals surface area contributed by atoms with Gasteiger partial charge in [-0.2, -0.15) is 13.2 Å². The number of H-pyrrole nitrogens is 1. The number of aromatic nitrogens is 2. The number of nitrogens with zero attached hydrogens (tertiary/aromatic N) is 1. The highest BCUT2D eigenvalue weighted by Crippen LogP contribution is 2.43. The summed E-state index contributed by atoms with van der Waals surface area (Å²) in [5.41, 5.74) is 3.02. The fraction of sp³-hybridized carbons (Fsp3) is 0.458. The molecule has 2 aliphatic rings. The lowest BCUT2D eigenvalue weighted by molar-refractivity contribution is -0.136. The number of aromatic amines is 1. The SMILES string of the molecule is COc1cc(-c2cnc3[nH]cc(C(F)(F)F)c3c2)cc([C@@H]2COCCN2)c1C1CCOCC1. The van der Waals surface area contributed by atoms with Crippen LogP contribution < -0.4 is 10.1 Å². The zero-order valence-electron chi connectivity index (χ0n) is 18.3. The summed E-state index contributed by atoms with van der Waals surface area (Å²) < 4.78 is 57.5. The number of rotatable bonds is 4. The van der Waals surface area contributed by atoms with Crippen LogP contribution in [0, 0.1) is 0 Å². The van der Waals surface area contributed by atoms with Gasteiger partial charge in [-0.3, -0.25) is 0 Å². The zero-order chi connectivity index (χ0) is 23.0. The molecule has 1 aromatic carbocycles. The van der Waals surface area contributed by atoms with Crippen LogP contribution in [0.5, 0.6) is 5.75 Å². The summed E-state index contributed by atoms with van der Waals surface area (Å²) in [4.78, 5) is 6.87. The van der Waals surface area contributed by atoms with Gasteiger partial charge in [0.25, 0.3) is 0 Å². The Morgan fingerprint density at radius 2 is 1.88 bits per heavy atom. The van der Waals surface area contributed by atoms with E-state index in [9.17, 15) is 13.2 Å². The molecule has 1 atom stereocenters. The Kier molecular flexibility index (Phi) is 6.03. The zero-order valence-corrected chi connectivity index (χ0v) is 18.3. The molecular formula is C24H26F3N3O3. The number of hydrogen-bond acceptors (Lipinski definition) is 5. The predicted octanol–water partition coefficient (Wildman–Crippen LogP) is 4.81. The third kappa shape index (κ3) is 4.32. The Balaban J connectivity index is 1.65. The average Bonchev–Trinajstić information content (AvgIpc) is 3.28. The van der Waals surface area contributed by atoms with Crippen molar-refractivity contribution in [2.75, 3.05) is 40.1 Å². The highest BCUT2D eigenvalue weighted by molar-refractivity contribution is 5.85. The highest BCUT2D eigenvalue weighted by Gasteiger charge is 2.34. The van der Waals surface area contributed by atoms with Crippen LogP contribution in [0.25, 0.3) is 22.2 Å². The molecule has 2 N–H and O–H groups in total. The van der Waals surface area contributed by atoms with Crippen molar-refractivity contribution in [2.24, 2.45) is 0 Å². The first-order valence-electron chi connectivity index (χ1n) is 11.1. The van der Waals surface area contributed by atoms with Crippen LogP contribution in [-0.2, 0) is 15.7 Å². The lowest BCUT2D eigenvalue weighted by Gasteiger charge is -2.32. The van der Waals surface area contributed by atoms with Crippen molar-refractivity contribution >= 4 is 11.0 Å². The summed E-state index contributed by atoms with van der Waals surface area (Å²) in [6.45, 7) is 3.29. The molecule has 9 heteroatoms. The van der Waals surface area contributed by atoms with Gasteiger partial charge in [-0.15, -0.1) is 0 Å². The number of benzene rings is 1. The smallest absolute Gasteiger partial charge is 0.418 e. The Morgan fingerprint density at radius 3 is 2.58 bits per heavy atom. The topological polar surface area (TPSA) is 68.4 Å². The molecule has 2 aromatic heterocycles. The van der Waals surface area contributed by atoms with E-state index in [4.69, 9.17) is 14.2 Å². The molecule has 0 bridgehead atoms. The number of methoxy groups -OCH3 is 1. The van der Waals surface area contributed by atoms with Crippen molar-refractivity contribution in [1.82, 2.24) is 15.3 Å². The van der Waals surface area contributed by atoms with E-state index in [-0.39, 0.29) is 23.0 Å². The van der Waals surface area contributed by atoms with Gasteiger partial charge in [0.2, 0.25) is 0 Å². The molecule has 4 heterocycles. The Labute approximate surface area is 189 Å². The van der Waals surface area contributed by atoms with Crippen molar-refractivity contribution in [3.8, 4) is 16.9 Å². The number of ether oxygens (including phenoxy) is 3. The molecule has 2 fully saturated rings. The van der Waals surface area contributed by atoms with Gasteiger partial charge in [0.15, 0.2) is 0 Å². The van der Waals surface area contributed by atoms with Crippen LogP contribution in [-0.4, -0.2) is 50.1 Å². The summed E-state index contributed by atoms with van der Waals surface area (Å²) in [7, 11) is 1.63. The molecule has 33 heavy (non-hydrogen) atoms. The Hall–Kier alpha value is -2.62. The quantitative estimate of drug-likeness (QED) is 0.584.